The molecule has 0 aliphatic rings. The molecule has 0 saturated heterocycles. The molecule has 0 aliphatic carbocycles. The van der Waals surface area contributed by atoms with E-state index in [2.05, 4.69) is 20.1 Å². The summed E-state index contributed by atoms with van der Waals surface area (Å²) in [5.41, 5.74) is 6.94. The predicted molar refractivity (Wildman–Crippen MR) is 83.0 cm³/mol. The molecule has 0 aliphatic heterocycles. The molecule has 98 valence electrons. The maximum atomic E-state index is 4.20. The normalized spacial score (nSPS) is 10.8. The van der Waals surface area contributed by atoms with Crippen molar-refractivity contribution in [3.05, 3.63) is 65.5 Å². The van der Waals surface area contributed by atoms with Crippen molar-refractivity contribution in [1.29, 1.82) is 0 Å². The van der Waals surface area contributed by atoms with Crippen molar-refractivity contribution in [2.75, 3.05) is 5.43 Å². The highest BCUT2D eigenvalue weighted by Gasteiger charge is 1.99. The molecule has 1 heterocycles. The number of nitrogens with zero attached hydrogens (tertiary/aromatic N) is 3. The number of benzene rings is 2. The maximum absolute atomic E-state index is 4.20. The van der Waals surface area contributed by atoms with Crippen LogP contribution in [0.1, 0.15) is 5.56 Å². The first-order valence-corrected chi connectivity index (χ1v) is 6.97. The highest BCUT2D eigenvalue weighted by molar-refractivity contribution is 7.03. The Morgan fingerprint density at radius 2 is 1.80 bits per heavy atom. The minimum absolute atomic E-state index is 0.904. The molecule has 0 saturated carbocycles. The van der Waals surface area contributed by atoms with E-state index in [0.29, 0.717) is 0 Å². The Kier molecular flexibility index (Phi) is 3.80. The van der Waals surface area contributed by atoms with E-state index in [-0.39, 0.29) is 0 Å². The Morgan fingerprint density at radius 3 is 2.50 bits per heavy atom. The third kappa shape index (κ3) is 3.07. The van der Waals surface area contributed by atoms with Crippen molar-refractivity contribution >= 4 is 23.4 Å². The Bertz CT molecular complexity index is 676. The third-order valence-electron chi connectivity index (χ3n) is 2.75. The molecule has 4 nitrogen and oxygen atoms in total. The number of aromatic nitrogens is 2. The number of anilines is 1. The number of rotatable bonds is 4. The lowest BCUT2D eigenvalue weighted by molar-refractivity contribution is 1.16. The number of nitrogens with one attached hydrogen (secondary N) is 1. The molecule has 0 radical (unpaired) electrons. The zero-order valence-electron chi connectivity index (χ0n) is 10.6. The van der Waals surface area contributed by atoms with Gasteiger partial charge < -0.3 is 0 Å². The monoisotopic (exact) mass is 280 g/mol. The van der Waals surface area contributed by atoms with Crippen LogP contribution in [0.4, 0.5) is 5.69 Å². The van der Waals surface area contributed by atoms with Gasteiger partial charge in [-0.2, -0.15) is 5.10 Å². The molecule has 20 heavy (non-hydrogen) atoms. The Labute approximate surface area is 121 Å². The average molecular weight is 280 g/mol. The van der Waals surface area contributed by atoms with Gasteiger partial charge in [-0.3, -0.25) is 5.43 Å². The predicted octanol–water partition coefficient (Wildman–Crippen LogP) is 3.65. The molecule has 3 rings (SSSR count). The fourth-order valence-corrected chi connectivity index (χ4v) is 2.19. The van der Waals surface area contributed by atoms with Crippen molar-refractivity contribution in [1.82, 2.24) is 9.59 Å². The van der Waals surface area contributed by atoms with E-state index >= 15 is 0 Å². The molecular weight excluding hydrogens is 268 g/mol. The SMILES string of the molecule is C(=NNc1ccccc1)c1ccc(-c2csnn2)cc1. The summed E-state index contributed by atoms with van der Waals surface area (Å²) in [5.74, 6) is 0. The van der Waals surface area contributed by atoms with Crippen LogP contribution in [0.3, 0.4) is 0 Å². The lowest BCUT2D eigenvalue weighted by atomic mass is 10.1. The van der Waals surface area contributed by atoms with E-state index in [1.54, 1.807) is 6.21 Å². The largest absolute Gasteiger partial charge is 0.279 e. The topological polar surface area (TPSA) is 50.2 Å². The number of para-hydroxylation sites is 1. The summed E-state index contributed by atoms with van der Waals surface area (Å²) in [6.45, 7) is 0. The quantitative estimate of drug-likeness (QED) is 0.586. The fourth-order valence-electron chi connectivity index (χ4n) is 1.72. The van der Waals surface area contributed by atoms with E-state index in [0.717, 1.165) is 22.5 Å². The summed E-state index contributed by atoms with van der Waals surface area (Å²) in [6.07, 6.45) is 1.79. The first-order chi connectivity index (χ1) is 9.92. The smallest absolute Gasteiger partial charge is 0.105 e. The Hall–Kier alpha value is -2.53. The molecular formula is C15H12N4S. The number of hydrazone groups is 1. The molecule has 2 aromatic carbocycles. The summed E-state index contributed by atoms with van der Waals surface area (Å²) in [6, 6.07) is 17.9. The highest BCUT2D eigenvalue weighted by atomic mass is 32.1. The van der Waals surface area contributed by atoms with Gasteiger partial charge in [-0.1, -0.05) is 47.0 Å². The van der Waals surface area contributed by atoms with Crippen LogP contribution in [0.15, 0.2) is 65.1 Å². The molecule has 0 bridgehead atoms. The van der Waals surface area contributed by atoms with Gasteiger partial charge >= 0.3 is 0 Å². The second-order valence-corrected chi connectivity index (χ2v) is 4.76. The zero-order chi connectivity index (χ0) is 13.6. The van der Waals surface area contributed by atoms with E-state index in [1.165, 1.54) is 11.5 Å². The second-order valence-electron chi connectivity index (χ2n) is 4.15. The molecule has 5 heteroatoms. The van der Waals surface area contributed by atoms with E-state index in [9.17, 15) is 0 Å². The molecule has 0 spiro atoms. The molecule has 1 aromatic heterocycles. The van der Waals surface area contributed by atoms with Crippen LogP contribution in [-0.2, 0) is 0 Å². The van der Waals surface area contributed by atoms with Crippen molar-refractivity contribution in [3.8, 4) is 11.3 Å². The standard InChI is InChI=1S/C15H12N4S/c1-2-4-14(5-3-1)17-16-10-12-6-8-13(9-7-12)15-11-20-19-18-15/h1-11,17H. The van der Waals surface area contributed by atoms with Gasteiger partial charge in [0, 0.05) is 10.9 Å². The molecule has 0 amide bonds. The molecule has 0 unspecified atom stereocenters. The number of hydrogen-bond acceptors (Lipinski definition) is 5. The zero-order valence-corrected chi connectivity index (χ0v) is 11.4. The fraction of sp³-hybridized carbons (Fsp3) is 0. The summed E-state index contributed by atoms with van der Waals surface area (Å²) in [7, 11) is 0. The van der Waals surface area contributed by atoms with Crippen molar-refractivity contribution < 1.29 is 0 Å². The number of hydrogen-bond donors (Lipinski definition) is 1. The van der Waals surface area contributed by atoms with Crippen LogP contribution in [0.25, 0.3) is 11.3 Å². The van der Waals surface area contributed by atoms with E-state index < -0.39 is 0 Å². The summed E-state index contributed by atoms with van der Waals surface area (Å²) < 4.78 is 3.86. The van der Waals surface area contributed by atoms with E-state index in [4.69, 9.17) is 0 Å². The lowest BCUT2D eigenvalue weighted by Gasteiger charge is -1.99. The first-order valence-electron chi connectivity index (χ1n) is 6.13. The molecule has 0 atom stereocenters. The van der Waals surface area contributed by atoms with Gasteiger partial charge in [-0.25, -0.2) is 0 Å². The minimum atomic E-state index is 0.904. The van der Waals surface area contributed by atoms with Gasteiger partial charge in [0.1, 0.15) is 5.69 Å². The van der Waals surface area contributed by atoms with Gasteiger partial charge in [0.2, 0.25) is 0 Å². The van der Waals surface area contributed by atoms with E-state index in [1.807, 2.05) is 60.0 Å². The van der Waals surface area contributed by atoms with Gasteiger partial charge in [0.15, 0.2) is 0 Å². The molecule has 0 fully saturated rings. The van der Waals surface area contributed by atoms with Crippen LogP contribution in [0.2, 0.25) is 0 Å². The van der Waals surface area contributed by atoms with Crippen molar-refractivity contribution in [2.45, 2.75) is 0 Å². The van der Waals surface area contributed by atoms with Gasteiger partial charge in [-0.15, -0.1) is 5.10 Å². The average Bonchev–Trinajstić information content (AvgIpc) is 3.03. The van der Waals surface area contributed by atoms with Gasteiger partial charge in [0.25, 0.3) is 0 Å². The second kappa shape index (κ2) is 6.08. The summed E-state index contributed by atoms with van der Waals surface area (Å²) in [5, 5.41) is 10.2. The van der Waals surface area contributed by atoms with Crippen molar-refractivity contribution in [2.24, 2.45) is 5.10 Å². The Morgan fingerprint density at radius 1 is 1.00 bits per heavy atom. The molecule has 3 aromatic rings. The third-order valence-corrected chi connectivity index (χ3v) is 3.25. The highest BCUT2D eigenvalue weighted by Crippen LogP contribution is 2.17. The van der Waals surface area contributed by atoms with Crippen LogP contribution in [-0.4, -0.2) is 15.8 Å². The molecule has 1 N–H and O–H groups in total. The van der Waals surface area contributed by atoms with Gasteiger partial charge in [-0.05, 0) is 29.2 Å². The first kappa shape index (κ1) is 12.5. The Balaban J connectivity index is 1.66. The summed E-state index contributed by atoms with van der Waals surface area (Å²) >= 11 is 1.35. The van der Waals surface area contributed by atoms with Crippen LogP contribution in [0.5, 0.6) is 0 Å². The van der Waals surface area contributed by atoms with Crippen molar-refractivity contribution in [3.63, 3.8) is 0 Å². The van der Waals surface area contributed by atoms with Crippen LogP contribution in [0, 0.1) is 0 Å². The minimum Gasteiger partial charge on any atom is -0.279 e. The van der Waals surface area contributed by atoms with Gasteiger partial charge in [0.05, 0.1) is 11.9 Å². The lowest BCUT2D eigenvalue weighted by Crippen LogP contribution is -1.90. The van der Waals surface area contributed by atoms with Crippen LogP contribution < -0.4 is 5.43 Å². The summed E-state index contributed by atoms with van der Waals surface area (Å²) in [4.78, 5) is 0. The van der Waals surface area contributed by atoms with Crippen LogP contribution >= 0.6 is 11.5 Å². The maximum Gasteiger partial charge on any atom is 0.105 e.